The fourth-order valence-corrected chi connectivity index (χ4v) is 2.95. The van der Waals surface area contributed by atoms with Gasteiger partial charge in [-0.3, -0.25) is 14.5 Å². The van der Waals surface area contributed by atoms with E-state index >= 15 is 0 Å². The van der Waals surface area contributed by atoms with Gasteiger partial charge in [-0.05, 0) is 29.8 Å². The minimum atomic E-state index is -0.396. The standard InChI is InChI=1S/C18H13FN2O3/c19-12-7-5-11(6-8-12)16-9-13(24-20-16)10-21-17(22)14-3-1-2-4-15(14)18(21)23/h1-8,13H,9-10H2. The Bertz CT molecular complexity index is 826. The number of benzene rings is 2. The lowest BCUT2D eigenvalue weighted by Gasteiger charge is -2.17. The van der Waals surface area contributed by atoms with Crippen LogP contribution in [0.25, 0.3) is 0 Å². The van der Waals surface area contributed by atoms with Crippen LogP contribution in [0.2, 0.25) is 0 Å². The molecule has 0 aliphatic carbocycles. The molecule has 2 amide bonds. The lowest BCUT2D eigenvalue weighted by molar-refractivity contribution is 0.0399. The molecule has 2 aliphatic rings. The van der Waals surface area contributed by atoms with E-state index in [4.69, 9.17) is 4.84 Å². The van der Waals surface area contributed by atoms with Crippen molar-refractivity contribution in [2.75, 3.05) is 6.54 Å². The second kappa shape index (κ2) is 5.56. The molecule has 5 nitrogen and oxygen atoms in total. The summed E-state index contributed by atoms with van der Waals surface area (Å²) in [5.74, 6) is -0.940. The average molecular weight is 324 g/mol. The Kier molecular flexibility index (Phi) is 3.37. The van der Waals surface area contributed by atoms with Crippen molar-refractivity contribution in [2.24, 2.45) is 5.16 Å². The summed E-state index contributed by atoms with van der Waals surface area (Å²) in [4.78, 5) is 31.3. The first-order valence-corrected chi connectivity index (χ1v) is 7.57. The van der Waals surface area contributed by atoms with Crippen molar-refractivity contribution < 1.29 is 18.8 Å². The van der Waals surface area contributed by atoms with Crippen molar-refractivity contribution in [3.8, 4) is 0 Å². The molecule has 120 valence electrons. The highest BCUT2D eigenvalue weighted by Gasteiger charge is 2.38. The molecule has 4 rings (SSSR count). The third-order valence-electron chi connectivity index (χ3n) is 4.17. The molecule has 1 atom stereocenters. The average Bonchev–Trinajstić information content (AvgIpc) is 3.16. The Balaban J connectivity index is 1.46. The number of amides is 2. The van der Waals surface area contributed by atoms with Crippen LogP contribution >= 0.6 is 0 Å². The zero-order chi connectivity index (χ0) is 16.7. The van der Waals surface area contributed by atoms with Crippen molar-refractivity contribution in [3.63, 3.8) is 0 Å². The molecule has 24 heavy (non-hydrogen) atoms. The van der Waals surface area contributed by atoms with Gasteiger partial charge < -0.3 is 4.84 Å². The smallest absolute Gasteiger partial charge is 0.261 e. The first kappa shape index (κ1) is 14.6. The molecular formula is C18H13FN2O3. The number of carbonyl (C=O) groups excluding carboxylic acids is 2. The molecule has 2 aliphatic heterocycles. The van der Waals surface area contributed by atoms with E-state index in [1.807, 2.05) is 0 Å². The van der Waals surface area contributed by atoms with E-state index in [0.717, 1.165) is 5.56 Å². The summed E-state index contributed by atoms with van der Waals surface area (Å²) in [5, 5.41) is 4.00. The van der Waals surface area contributed by atoms with Gasteiger partial charge in [-0.1, -0.05) is 29.4 Å². The van der Waals surface area contributed by atoms with Crippen molar-refractivity contribution in [3.05, 3.63) is 71.0 Å². The Hall–Kier alpha value is -3.02. The largest absolute Gasteiger partial charge is 0.390 e. The number of oxime groups is 1. The summed E-state index contributed by atoms with van der Waals surface area (Å²) in [6.45, 7) is 0.139. The number of hydrogen-bond donors (Lipinski definition) is 0. The normalized spacial score (nSPS) is 19.3. The Morgan fingerprint density at radius 3 is 2.29 bits per heavy atom. The zero-order valence-corrected chi connectivity index (χ0v) is 12.6. The minimum absolute atomic E-state index is 0.139. The molecule has 2 heterocycles. The molecule has 1 unspecified atom stereocenters. The van der Waals surface area contributed by atoms with Gasteiger partial charge in [0.15, 0.2) is 6.10 Å². The predicted molar refractivity (Wildman–Crippen MR) is 84.2 cm³/mol. The molecule has 0 N–H and O–H groups in total. The minimum Gasteiger partial charge on any atom is -0.390 e. The van der Waals surface area contributed by atoms with Crippen molar-refractivity contribution in [1.82, 2.24) is 4.90 Å². The Morgan fingerprint density at radius 2 is 1.67 bits per heavy atom. The van der Waals surface area contributed by atoms with Crippen LogP contribution in [0.15, 0.2) is 53.7 Å². The number of hydrogen-bond acceptors (Lipinski definition) is 4. The van der Waals surface area contributed by atoms with Gasteiger partial charge in [-0.25, -0.2) is 4.39 Å². The van der Waals surface area contributed by atoms with Gasteiger partial charge >= 0.3 is 0 Å². The number of carbonyl (C=O) groups is 2. The third kappa shape index (κ3) is 2.36. The van der Waals surface area contributed by atoms with Crippen molar-refractivity contribution in [2.45, 2.75) is 12.5 Å². The van der Waals surface area contributed by atoms with Crippen LogP contribution in [-0.4, -0.2) is 35.1 Å². The molecule has 0 aromatic heterocycles. The molecule has 0 bridgehead atoms. The topological polar surface area (TPSA) is 59.0 Å². The fourth-order valence-electron chi connectivity index (χ4n) is 2.95. The molecule has 2 aromatic rings. The van der Waals surface area contributed by atoms with Gasteiger partial charge in [-0.2, -0.15) is 0 Å². The number of rotatable bonds is 3. The molecule has 0 saturated heterocycles. The summed E-state index contributed by atoms with van der Waals surface area (Å²) in [5.41, 5.74) is 2.28. The van der Waals surface area contributed by atoms with Crippen LogP contribution in [-0.2, 0) is 4.84 Å². The van der Waals surface area contributed by atoms with Crippen molar-refractivity contribution in [1.29, 1.82) is 0 Å². The molecule has 0 fully saturated rings. The first-order chi connectivity index (χ1) is 11.6. The summed E-state index contributed by atoms with van der Waals surface area (Å²) in [6, 6.07) is 12.7. The highest BCUT2D eigenvalue weighted by atomic mass is 19.1. The van der Waals surface area contributed by atoms with Crippen LogP contribution in [0, 0.1) is 5.82 Å². The predicted octanol–water partition coefficient (Wildman–Crippen LogP) is 2.61. The van der Waals surface area contributed by atoms with Gasteiger partial charge in [-0.15, -0.1) is 0 Å². The van der Waals surface area contributed by atoms with Crippen LogP contribution in [0.3, 0.4) is 0 Å². The molecule has 6 heteroatoms. The van der Waals surface area contributed by atoms with Gasteiger partial charge in [0.1, 0.15) is 5.82 Å². The maximum atomic E-state index is 13.0. The summed E-state index contributed by atoms with van der Waals surface area (Å²) < 4.78 is 13.0. The van der Waals surface area contributed by atoms with Crippen LogP contribution in [0.1, 0.15) is 32.7 Å². The quantitative estimate of drug-likeness (QED) is 0.816. The fraction of sp³-hybridized carbons (Fsp3) is 0.167. The van der Waals surface area contributed by atoms with Crippen LogP contribution in [0.4, 0.5) is 4.39 Å². The SMILES string of the molecule is O=C1c2ccccc2C(=O)N1CC1CC(c2ccc(F)cc2)=NO1. The van der Waals surface area contributed by atoms with E-state index in [0.29, 0.717) is 23.3 Å². The molecule has 0 spiro atoms. The van der Waals surface area contributed by atoms with E-state index in [1.165, 1.54) is 17.0 Å². The maximum Gasteiger partial charge on any atom is 0.261 e. The second-order valence-electron chi connectivity index (χ2n) is 5.74. The van der Waals surface area contributed by atoms with E-state index < -0.39 is 6.10 Å². The van der Waals surface area contributed by atoms with E-state index in [2.05, 4.69) is 5.16 Å². The summed E-state index contributed by atoms with van der Waals surface area (Å²) in [6.07, 6.45) is 0.0613. The van der Waals surface area contributed by atoms with E-state index in [1.54, 1.807) is 36.4 Å². The molecular weight excluding hydrogens is 311 g/mol. The maximum absolute atomic E-state index is 13.0. The van der Waals surface area contributed by atoms with E-state index in [-0.39, 0.29) is 24.2 Å². The molecule has 2 aromatic carbocycles. The summed E-state index contributed by atoms with van der Waals surface area (Å²) >= 11 is 0. The van der Waals surface area contributed by atoms with Crippen LogP contribution in [0.5, 0.6) is 0 Å². The number of halogens is 1. The van der Waals surface area contributed by atoms with E-state index in [9.17, 15) is 14.0 Å². The monoisotopic (exact) mass is 324 g/mol. The number of imide groups is 1. The van der Waals surface area contributed by atoms with Gasteiger partial charge in [0.2, 0.25) is 0 Å². The van der Waals surface area contributed by atoms with Gasteiger partial charge in [0, 0.05) is 6.42 Å². The molecule has 0 radical (unpaired) electrons. The lowest BCUT2D eigenvalue weighted by atomic mass is 10.0. The highest BCUT2D eigenvalue weighted by molar-refractivity contribution is 6.21. The zero-order valence-electron chi connectivity index (χ0n) is 12.6. The van der Waals surface area contributed by atoms with Gasteiger partial charge in [0.05, 0.1) is 23.4 Å². The van der Waals surface area contributed by atoms with Crippen molar-refractivity contribution >= 4 is 17.5 Å². The number of nitrogens with zero attached hydrogens (tertiary/aromatic N) is 2. The second-order valence-corrected chi connectivity index (χ2v) is 5.74. The van der Waals surface area contributed by atoms with Crippen LogP contribution < -0.4 is 0 Å². The molecule has 0 saturated carbocycles. The highest BCUT2D eigenvalue weighted by Crippen LogP contribution is 2.25. The lowest BCUT2D eigenvalue weighted by Crippen LogP contribution is -2.37. The number of fused-ring (bicyclic) bond motifs is 1. The third-order valence-corrected chi connectivity index (χ3v) is 4.17. The Labute approximate surface area is 137 Å². The summed E-state index contributed by atoms with van der Waals surface area (Å²) in [7, 11) is 0. The van der Waals surface area contributed by atoms with Gasteiger partial charge in [0.25, 0.3) is 11.8 Å². The Morgan fingerprint density at radius 1 is 1.04 bits per heavy atom. The first-order valence-electron chi connectivity index (χ1n) is 7.57.